The molecule has 0 saturated carbocycles. The molecule has 1 aliphatic rings. The van der Waals surface area contributed by atoms with Gasteiger partial charge in [-0.1, -0.05) is 6.07 Å². The summed E-state index contributed by atoms with van der Waals surface area (Å²) in [6.07, 6.45) is 3.24. The van der Waals surface area contributed by atoms with Crippen molar-refractivity contribution in [2.75, 3.05) is 0 Å². The first-order valence-corrected chi connectivity index (χ1v) is 7.03. The highest BCUT2D eigenvalue weighted by atomic mass is 19.1. The van der Waals surface area contributed by atoms with E-state index in [2.05, 4.69) is 0 Å². The first-order valence-electron chi connectivity index (χ1n) is 7.03. The fourth-order valence-corrected chi connectivity index (χ4v) is 3.06. The molecule has 110 valence electrons. The molecule has 2 nitrogen and oxygen atoms in total. The molecule has 0 spiro atoms. The summed E-state index contributed by atoms with van der Waals surface area (Å²) < 4.78 is 27.0. The van der Waals surface area contributed by atoms with Gasteiger partial charge in [0.1, 0.15) is 5.75 Å². The maximum atomic E-state index is 13.5. The van der Waals surface area contributed by atoms with Gasteiger partial charge in [-0.05, 0) is 72.6 Å². The molecule has 3 rings (SSSR count). The third kappa shape index (κ3) is 2.71. The Morgan fingerprint density at radius 1 is 0.952 bits per heavy atom. The Bertz CT molecular complexity index is 659. The van der Waals surface area contributed by atoms with Crippen molar-refractivity contribution in [3.63, 3.8) is 0 Å². The standard InChI is InChI=1S/C17H16F2O2/c18-15-8-13(9-16(19)17(15)21)10-2-1-3-11-7-14(20)5-4-12(11)6-10/h4-5,7-10,20-21H,1-3,6H2. The van der Waals surface area contributed by atoms with E-state index < -0.39 is 17.4 Å². The number of aryl methyl sites for hydroxylation is 1. The smallest absolute Gasteiger partial charge is 0.187 e. The second-order valence-electron chi connectivity index (χ2n) is 5.58. The van der Waals surface area contributed by atoms with Crippen LogP contribution in [0.2, 0.25) is 0 Å². The average molecular weight is 290 g/mol. The van der Waals surface area contributed by atoms with Gasteiger partial charge in [-0.25, -0.2) is 8.78 Å². The molecule has 2 aromatic rings. The van der Waals surface area contributed by atoms with Crippen molar-refractivity contribution >= 4 is 0 Å². The summed E-state index contributed by atoms with van der Waals surface area (Å²) in [5, 5.41) is 18.7. The SMILES string of the molecule is Oc1ccc2c(c1)CCCC(c1cc(F)c(O)c(F)c1)C2. The largest absolute Gasteiger partial charge is 0.508 e. The molecule has 0 fully saturated rings. The molecule has 0 bridgehead atoms. The summed E-state index contributed by atoms with van der Waals surface area (Å²) in [4.78, 5) is 0. The highest BCUT2D eigenvalue weighted by Gasteiger charge is 2.21. The van der Waals surface area contributed by atoms with Crippen molar-refractivity contribution in [1.82, 2.24) is 0 Å². The normalized spacial score (nSPS) is 18.1. The number of hydrogen-bond donors (Lipinski definition) is 2. The quantitative estimate of drug-likeness (QED) is 0.778. The summed E-state index contributed by atoms with van der Waals surface area (Å²) in [5.74, 6) is -2.49. The monoisotopic (exact) mass is 290 g/mol. The number of aromatic hydroxyl groups is 2. The molecule has 0 amide bonds. The van der Waals surface area contributed by atoms with Crippen LogP contribution in [0.5, 0.6) is 11.5 Å². The maximum Gasteiger partial charge on any atom is 0.187 e. The van der Waals surface area contributed by atoms with Crippen molar-refractivity contribution in [3.8, 4) is 11.5 Å². The fourth-order valence-electron chi connectivity index (χ4n) is 3.06. The molecule has 21 heavy (non-hydrogen) atoms. The molecule has 1 atom stereocenters. The highest BCUT2D eigenvalue weighted by molar-refractivity contribution is 5.39. The van der Waals surface area contributed by atoms with Gasteiger partial charge in [0.15, 0.2) is 17.4 Å². The van der Waals surface area contributed by atoms with Crippen molar-refractivity contribution < 1.29 is 19.0 Å². The van der Waals surface area contributed by atoms with Crippen molar-refractivity contribution in [2.24, 2.45) is 0 Å². The lowest BCUT2D eigenvalue weighted by molar-refractivity contribution is 0.394. The summed E-state index contributed by atoms with van der Waals surface area (Å²) in [5.41, 5.74) is 2.77. The van der Waals surface area contributed by atoms with Crippen LogP contribution in [0.15, 0.2) is 30.3 Å². The van der Waals surface area contributed by atoms with E-state index in [-0.39, 0.29) is 11.7 Å². The Labute approximate surface area is 121 Å². The van der Waals surface area contributed by atoms with E-state index >= 15 is 0 Å². The highest BCUT2D eigenvalue weighted by Crippen LogP contribution is 2.35. The van der Waals surface area contributed by atoms with Crippen LogP contribution in [0.3, 0.4) is 0 Å². The van der Waals surface area contributed by atoms with Gasteiger partial charge in [-0.15, -0.1) is 0 Å². The van der Waals surface area contributed by atoms with E-state index in [1.165, 1.54) is 12.1 Å². The lowest BCUT2D eigenvalue weighted by Gasteiger charge is -2.16. The van der Waals surface area contributed by atoms with Gasteiger partial charge in [0.25, 0.3) is 0 Å². The zero-order chi connectivity index (χ0) is 15.0. The van der Waals surface area contributed by atoms with Gasteiger partial charge < -0.3 is 10.2 Å². The molecule has 1 unspecified atom stereocenters. The maximum absolute atomic E-state index is 13.5. The molecule has 0 radical (unpaired) electrons. The number of fused-ring (bicyclic) bond motifs is 1. The van der Waals surface area contributed by atoms with E-state index in [0.29, 0.717) is 12.0 Å². The first-order chi connectivity index (χ1) is 10.0. The molecular weight excluding hydrogens is 274 g/mol. The molecule has 2 aromatic carbocycles. The second kappa shape index (κ2) is 5.35. The average Bonchev–Trinajstić information content (AvgIpc) is 2.66. The third-order valence-corrected chi connectivity index (χ3v) is 4.17. The number of hydrogen-bond acceptors (Lipinski definition) is 2. The third-order valence-electron chi connectivity index (χ3n) is 4.17. The zero-order valence-electron chi connectivity index (χ0n) is 11.4. The summed E-state index contributed by atoms with van der Waals surface area (Å²) in [7, 11) is 0. The molecule has 2 N–H and O–H groups in total. The van der Waals surface area contributed by atoms with Crippen molar-refractivity contribution in [1.29, 1.82) is 0 Å². The molecule has 1 aliphatic carbocycles. The number of phenols is 2. The van der Waals surface area contributed by atoms with Crippen LogP contribution < -0.4 is 0 Å². The van der Waals surface area contributed by atoms with Crippen LogP contribution in [-0.4, -0.2) is 10.2 Å². The molecule has 0 heterocycles. The Morgan fingerprint density at radius 2 is 1.67 bits per heavy atom. The minimum Gasteiger partial charge on any atom is -0.508 e. The van der Waals surface area contributed by atoms with E-state index in [1.54, 1.807) is 12.1 Å². The Hall–Kier alpha value is -2.10. The lowest BCUT2D eigenvalue weighted by atomic mass is 9.89. The van der Waals surface area contributed by atoms with Crippen LogP contribution in [0.4, 0.5) is 8.78 Å². The van der Waals surface area contributed by atoms with Gasteiger partial charge in [-0.3, -0.25) is 0 Å². The van der Waals surface area contributed by atoms with Gasteiger partial charge in [0, 0.05) is 0 Å². The second-order valence-corrected chi connectivity index (χ2v) is 5.58. The van der Waals surface area contributed by atoms with Crippen LogP contribution in [0.25, 0.3) is 0 Å². The van der Waals surface area contributed by atoms with Gasteiger partial charge in [-0.2, -0.15) is 0 Å². The van der Waals surface area contributed by atoms with Crippen molar-refractivity contribution in [3.05, 3.63) is 58.7 Å². The summed E-state index contributed by atoms with van der Waals surface area (Å²) >= 11 is 0. The molecule has 0 aliphatic heterocycles. The van der Waals surface area contributed by atoms with E-state index in [0.717, 1.165) is 30.4 Å². The fraction of sp³-hybridized carbons (Fsp3) is 0.294. The van der Waals surface area contributed by atoms with Gasteiger partial charge >= 0.3 is 0 Å². The molecule has 0 aromatic heterocycles. The Balaban J connectivity index is 1.95. The first kappa shape index (κ1) is 13.9. The predicted molar refractivity (Wildman–Crippen MR) is 75.5 cm³/mol. The van der Waals surface area contributed by atoms with Crippen LogP contribution in [-0.2, 0) is 12.8 Å². The summed E-state index contributed by atoms with van der Waals surface area (Å²) in [6, 6.07) is 7.70. The van der Waals surface area contributed by atoms with Crippen LogP contribution in [0, 0.1) is 11.6 Å². The van der Waals surface area contributed by atoms with Crippen LogP contribution >= 0.6 is 0 Å². The minimum absolute atomic E-state index is 0.0143. The van der Waals surface area contributed by atoms with Crippen LogP contribution in [0.1, 0.15) is 35.4 Å². The Kier molecular flexibility index (Phi) is 3.53. The number of phenolic OH excluding ortho intramolecular Hbond substituents is 2. The number of benzene rings is 2. The van der Waals surface area contributed by atoms with Crippen molar-refractivity contribution in [2.45, 2.75) is 31.6 Å². The van der Waals surface area contributed by atoms with Gasteiger partial charge in [0.05, 0.1) is 0 Å². The van der Waals surface area contributed by atoms with E-state index in [9.17, 15) is 19.0 Å². The zero-order valence-corrected chi connectivity index (χ0v) is 11.4. The van der Waals surface area contributed by atoms with E-state index in [4.69, 9.17) is 0 Å². The summed E-state index contributed by atoms with van der Waals surface area (Å²) in [6.45, 7) is 0. The Morgan fingerprint density at radius 3 is 2.38 bits per heavy atom. The number of rotatable bonds is 1. The lowest BCUT2D eigenvalue weighted by Crippen LogP contribution is -2.03. The van der Waals surface area contributed by atoms with Gasteiger partial charge in [0.2, 0.25) is 0 Å². The number of halogens is 2. The van der Waals surface area contributed by atoms with E-state index in [1.807, 2.05) is 6.07 Å². The molecule has 4 heteroatoms. The molecule has 0 saturated heterocycles. The molecular formula is C17H16F2O2. The predicted octanol–water partition coefficient (Wildman–Crippen LogP) is 4.04. The minimum atomic E-state index is -0.919. The topological polar surface area (TPSA) is 40.5 Å².